The van der Waals surface area contributed by atoms with E-state index in [0.717, 1.165) is 0 Å². The second-order valence-electron chi connectivity index (χ2n) is 3.82. The van der Waals surface area contributed by atoms with Crippen molar-refractivity contribution in [2.45, 2.75) is 13.5 Å². The third kappa shape index (κ3) is 2.22. The fraction of sp³-hybridized carbons (Fsp3) is 0.167. The van der Waals surface area contributed by atoms with Crippen LogP contribution in [0.2, 0.25) is 0 Å². The summed E-state index contributed by atoms with van der Waals surface area (Å²) < 4.78 is 25.3. The van der Waals surface area contributed by atoms with E-state index in [-0.39, 0.29) is 5.56 Å². The molecule has 0 aliphatic rings. The SMILES string of the molecule is Cc1cc(C(=O)O)ccc1-c1cnn(C(F)F)c1. The molecule has 0 spiro atoms. The van der Waals surface area contributed by atoms with Crippen LogP contribution < -0.4 is 0 Å². The van der Waals surface area contributed by atoms with E-state index >= 15 is 0 Å². The number of aromatic nitrogens is 2. The number of carboxylic acids is 1. The number of nitrogens with zero attached hydrogens (tertiary/aromatic N) is 2. The summed E-state index contributed by atoms with van der Waals surface area (Å²) >= 11 is 0. The van der Waals surface area contributed by atoms with E-state index in [4.69, 9.17) is 5.11 Å². The molecule has 2 aromatic rings. The van der Waals surface area contributed by atoms with Gasteiger partial charge in [-0.05, 0) is 30.2 Å². The molecule has 0 saturated carbocycles. The van der Waals surface area contributed by atoms with Crippen LogP contribution in [0.25, 0.3) is 11.1 Å². The lowest BCUT2D eigenvalue weighted by atomic mass is 10.0. The van der Waals surface area contributed by atoms with Crippen molar-refractivity contribution in [1.82, 2.24) is 9.78 Å². The second kappa shape index (κ2) is 4.56. The maximum absolute atomic E-state index is 12.4. The van der Waals surface area contributed by atoms with Crippen molar-refractivity contribution >= 4 is 5.97 Å². The molecule has 0 radical (unpaired) electrons. The molecule has 0 unspecified atom stereocenters. The molecule has 18 heavy (non-hydrogen) atoms. The van der Waals surface area contributed by atoms with Gasteiger partial charge in [-0.15, -0.1) is 0 Å². The Kier molecular flexibility index (Phi) is 3.10. The molecule has 0 aliphatic carbocycles. The van der Waals surface area contributed by atoms with E-state index in [1.165, 1.54) is 24.5 Å². The molecule has 0 saturated heterocycles. The van der Waals surface area contributed by atoms with E-state index < -0.39 is 12.5 Å². The number of aromatic carboxylic acids is 1. The van der Waals surface area contributed by atoms with E-state index in [1.807, 2.05) is 0 Å². The van der Waals surface area contributed by atoms with Crippen molar-refractivity contribution in [3.63, 3.8) is 0 Å². The van der Waals surface area contributed by atoms with Gasteiger partial charge < -0.3 is 5.11 Å². The van der Waals surface area contributed by atoms with E-state index in [1.54, 1.807) is 13.0 Å². The van der Waals surface area contributed by atoms with Crippen LogP contribution in [0.15, 0.2) is 30.6 Å². The zero-order chi connectivity index (χ0) is 13.3. The maximum atomic E-state index is 12.4. The smallest absolute Gasteiger partial charge is 0.335 e. The summed E-state index contributed by atoms with van der Waals surface area (Å²) in [6, 6.07) is 4.52. The number of rotatable bonds is 3. The van der Waals surface area contributed by atoms with Crippen LogP contribution in [0.3, 0.4) is 0 Å². The van der Waals surface area contributed by atoms with Gasteiger partial charge in [0.2, 0.25) is 0 Å². The predicted molar refractivity (Wildman–Crippen MR) is 60.6 cm³/mol. The second-order valence-corrected chi connectivity index (χ2v) is 3.82. The third-order valence-corrected chi connectivity index (χ3v) is 2.59. The minimum absolute atomic E-state index is 0.164. The van der Waals surface area contributed by atoms with Crippen LogP contribution in [-0.2, 0) is 0 Å². The number of hydrogen-bond donors (Lipinski definition) is 1. The summed E-state index contributed by atoms with van der Waals surface area (Å²) in [7, 11) is 0. The Morgan fingerprint density at radius 3 is 2.67 bits per heavy atom. The molecule has 1 aromatic heterocycles. The first-order valence-corrected chi connectivity index (χ1v) is 5.15. The van der Waals surface area contributed by atoms with E-state index in [0.29, 0.717) is 21.4 Å². The Morgan fingerprint density at radius 2 is 2.17 bits per heavy atom. The van der Waals surface area contributed by atoms with Gasteiger partial charge in [-0.2, -0.15) is 13.9 Å². The van der Waals surface area contributed by atoms with Crippen LogP contribution in [0.5, 0.6) is 0 Å². The molecule has 0 atom stereocenters. The van der Waals surface area contributed by atoms with Gasteiger partial charge in [0.25, 0.3) is 0 Å². The van der Waals surface area contributed by atoms with Gasteiger partial charge in [0, 0.05) is 11.8 Å². The topological polar surface area (TPSA) is 55.1 Å². The monoisotopic (exact) mass is 252 g/mol. The molecule has 6 heteroatoms. The van der Waals surface area contributed by atoms with Gasteiger partial charge in [0.05, 0.1) is 11.8 Å². The quantitative estimate of drug-likeness (QED) is 0.913. The summed E-state index contributed by atoms with van der Waals surface area (Å²) in [5.74, 6) is -1.02. The summed E-state index contributed by atoms with van der Waals surface area (Å²) in [6.45, 7) is -0.959. The van der Waals surface area contributed by atoms with Gasteiger partial charge in [0.1, 0.15) is 0 Å². The van der Waals surface area contributed by atoms with Crippen molar-refractivity contribution < 1.29 is 18.7 Å². The molecule has 1 aromatic carbocycles. The largest absolute Gasteiger partial charge is 0.478 e. The third-order valence-electron chi connectivity index (χ3n) is 2.59. The van der Waals surface area contributed by atoms with Crippen molar-refractivity contribution in [2.24, 2.45) is 0 Å². The summed E-state index contributed by atoms with van der Waals surface area (Å²) in [6.07, 6.45) is 2.56. The Balaban J connectivity index is 2.41. The number of carboxylic acid groups (broad SMARTS) is 1. The average molecular weight is 252 g/mol. The molecule has 1 N–H and O–H groups in total. The van der Waals surface area contributed by atoms with Gasteiger partial charge in [-0.25, -0.2) is 9.48 Å². The Morgan fingerprint density at radius 1 is 1.44 bits per heavy atom. The zero-order valence-electron chi connectivity index (χ0n) is 9.47. The Hall–Kier alpha value is -2.24. The lowest BCUT2D eigenvalue weighted by molar-refractivity contribution is 0.0566. The predicted octanol–water partition coefficient (Wildman–Crippen LogP) is 2.95. The van der Waals surface area contributed by atoms with Gasteiger partial charge >= 0.3 is 12.5 Å². The average Bonchev–Trinajstić information content (AvgIpc) is 2.78. The number of carbonyl (C=O) groups is 1. The minimum atomic E-state index is -2.68. The molecule has 0 fully saturated rings. The number of benzene rings is 1. The van der Waals surface area contributed by atoms with Crippen molar-refractivity contribution in [3.05, 3.63) is 41.7 Å². The summed E-state index contributed by atoms with van der Waals surface area (Å²) in [5, 5.41) is 12.4. The number of aryl methyl sites for hydroxylation is 1. The summed E-state index contributed by atoms with van der Waals surface area (Å²) in [5.41, 5.74) is 2.08. The first-order valence-electron chi connectivity index (χ1n) is 5.15. The van der Waals surface area contributed by atoms with Crippen molar-refractivity contribution in [2.75, 3.05) is 0 Å². The molecule has 4 nitrogen and oxygen atoms in total. The highest BCUT2D eigenvalue weighted by atomic mass is 19.3. The zero-order valence-corrected chi connectivity index (χ0v) is 9.47. The molecule has 1 heterocycles. The van der Waals surface area contributed by atoms with Crippen LogP contribution in [0.1, 0.15) is 22.5 Å². The molecular weight excluding hydrogens is 242 g/mol. The Labute approximate surface area is 101 Å². The first-order chi connectivity index (χ1) is 8.49. The molecule has 2 rings (SSSR count). The van der Waals surface area contributed by atoms with Gasteiger partial charge in [-0.3, -0.25) is 0 Å². The number of alkyl halides is 2. The van der Waals surface area contributed by atoms with Crippen LogP contribution in [-0.4, -0.2) is 20.9 Å². The molecule has 0 amide bonds. The highest BCUT2D eigenvalue weighted by Gasteiger charge is 2.11. The molecule has 94 valence electrons. The van der Waals surface area contributed by atoms with Gasteiger partial charge in [-0.1, -0.05) is 6.07 Å². The van der Waals surface area contributed by atoms with Crippen molar-refractivity contribution in [3.8, 4) is 11.1 Å². The number of hydrogen-bond acceptors (Lipinski definition) is 2. The van der Waals surface area contributed by atoms with E-state index in [9.17, 15) is 13.6 Å². The lowest BCUT2D eigenvalue weighted by Gasteiger charge is -2.04. The van der Waals surface area contributed by atoms with E-state index in [2.05, 4.69) is 5.10 Å². The fourth-order valence-corrected chi connectivity index (χ4v) is 1.70. The number of halogens is 2. The van der Waals surface area contributed by atoms with Crippen molar-refractivity contribution in [1.29, 1.82) is 0 Å². The van der Waals surface area contributed by atoms with Crippen LogP contribution in [0.4, 0.5) is 8.78 Å². The first kappa shape index (κ1) is 12.2. The van der Waals surface area contributed by atoms with Crippen LogP contribution >= 0.6 is 0 Å². The Bertz CT molecular complexity index is 594. The fourth-order valence-electron chi connectivity index (χ4n) is 1.70. The minimum Gasteiger partial charge on any atom is -0.478 e. The maximum Gasteiger partial charge on any atom is 0.335 e. The standard InChI is InChI=1S/C12H10F2N2O2/c1-7-4-8(11(17)18)2-3-10(7)9-5-15-16(6-9)12(13)14/h2-6,12H,1H3,(H,17,18). The van der Waals surface area contributed by atoms with Crippen LogP contribution in [0, 0.1) is 6.92 Å². The van der Waals surface area contributed by atoms with Gasteiger partial charge in [0.15, 0.2) is 0 Å². The highest BCUT2D eigenvalue weighted by molar-refractivity contribution is 5.89. The molecule has 0 aliphatic heterocycles. The lowest BCUT2D eigenvalue weighted by Crippen LogP contribution is -1.97. The summed E-state index contributed by atoms with van der Waals surface area (Å²) in [4.78, 5) is 10.8. The molecule has 0 bridgehead atoms. The molecular formula is C12H10F2N2O2. The highest BCUT2D eigenvalue weighted by Crippen LogP contribution is 2.25. The normalized spacial score (nSPS) is 10.9.